The molecule has 1 aliphatic heterocycles. The molecular weight excluding hydrogens is 202 g/mol. The van der Waals surface area contributed by atoms with Gasteiger partial charge in [0.1, 0.15) is 0 Å². The predicted octanol–water partition coefficient (Wildman–Crippen LogP) is 0.315. The molecule has 1 atom stereocenters. The fourth-order valence-corrected chi connectivity index (χ4v) is 2.06. The summed E-state index contributed by atoms with van der Waals surface area (Å²) >= 11 is 0. The third kappa shape index (κ3) is 3.94. The lowest BCUT2D eigenvalue weighted by atomic mass is 10.1. The molecule has 16 heavy (non-hydrogen) atoms. The van der Waals surface area contributed by atoms with Gasteiger partial charge in [-0.3, -0.25) is 4.79 Å². The second-order valence-electron chi connectivity index (χ2n) is 4.48. The van der Waals surface area contributed by atoms with Crippen molar-refractivity contribution in [1.29, 1.82) is 0 Å². The predicted molar refractivity (Wildman–Crippen MR) is 66.4 cm³/mol. The molecule has 1 aliphatic rings. The SMILES string of the molecule is C=CCNCC(=O)N(C)C1CCCN(C)C1. The zero-order valence-corrected chi connectivity index (χ0v) is 10.4. The normalized spacial score (nSPS) is 21.8. The molecule has 1 fully saturated rings. The van der Waals surface area contributed by atoms with Crippen molar-refractivity contribution >= 4 is 5.91 Å². The molecule has 0 bridgehead atoms. The van der Waals surface area contributed by atoms with E-state index in [0.29, 0.717) is 19.1 Å². The monoisotopic (exact) mass is 225 g/mol. The minimum atomic E-state index is 0.169. The largest absolute Gasteiger partial charge is 0.340 e. The second kappa shape index (κ2) is 6.66. The summed E-state index contributed by atoms with van der Waals surface area (Å²) in [6.45, 7) is 6.83. The van der Waals surface area contributed by atoms with Crippen LogP contribution in [0, 0.1) is 0 Å². The number of hydrogen-bond acceptors (Lipinski definition) is 3. The number of amides is 1. The van der Waals surface area contributed by atoms with Crippen LogP contribution in [0.25, 0.3) is 0 Å². The van der Waals surface area contributed by atoms with E-state index in [1.165, 1.54) is 6.42 Å². The molecule has 0 aromatic carbocycles. The number of piperidine rings is 1. The third-order valence-electron chi connectivity index (χ3n) is 3.11. The number of rotatable bonds is 5. The lowest BCUT2D eigenvalue weighted by molar-refractivity contribution is -0.131. The van der Waals surface area contributed by atoms with Gasteiger partial charge in [0.05, 0.1) is 6.54 Å². The van der Waals surface area contributed by atoms with Crippen molar-refractivity contribution in [3.8, 4) is 0 Å². The second-order valence-corrected chi connectivity index (χ2v) is 4.48. The Labute approximate surface area is 98.3 Å². The van der Waals surface area contributed by atoms with Crippen molar-refractivity contribution in [2.45, 2.75) is 18.9 Å². The Balaban J connectivity index is 2.33. The van der Waals surface area contributed by atoms with E-state index in [0.717, 1.165) is 19.5 Å². The van der Waals surface area contributed by atoms with Crippen LogP contribution >= 0.6 is 0 Å². The Hall–Kier alpha value is -0.870. The molecule has 4 nitrogen and oxygen atoms in total. The van der Waals surface area contributed by atoms with Crippen molar-refractivity contribution in [2.24, 2.45) is 0 Å². The highest BCUT2D eigenvalue weighted by Crippen LogP contribution is 2.13. The summed E-state index contributed by atoms with van der Waals surface area (Å²) in [5.41, 5.74) is 0. The maximum Gasteiger partial charge on any atom is 0.236 e. The summed E-state index contributed by atoms with van der Waals surface area (Å²) < 4.78 is 0. The molecule has 92 valence electrons. The number of carbonyl (C=O) groups is 1. The van der Waals surface area contributed by atoms with E-state index in [1.54, 1.807) is 6.08 Å². The number of nitrogens with one attached hydrogen (secondary N) is 1. The Morgan fingerprint density at radius 3 is 3.06 bits per heavy atom. The molecule has 0 saturated carbocycles. The van der Waals surface area contributed by atoms with Gasteiger partial charge in [-0.2, -0.15) is 0 Å². The van der Waals surface area contributed by atoms with Crippen molar-refractivity contribution in [3.63, 3.8) is 0 Å². The van der Waals surface area contributed by atoms with E-state index in [-0.39, 0.29) is 5.91 Å². The first-order chi connectivity index (χ1) is 7.65. The van der Waals surface area contributed by atoms with Crippen LogP contribution in [0.3, 0.4) is 0 Å². The van der Waals surface area contributed by atoms with Crippen molar-refractivity contribution in [2.75, 3.05) is 40.3 Å². The number of likely N-dealkylation sites (tertiary alicyclic amines) is 1. The minimum absolute atomic E-state index is 0.169. The highest BCUT2D eigenvalue weighted by Gasteiger charge is 2.23. The van der Waals surface area contributed by atoms with Gasteiger partial charge in [0.2, 0.25) is 5.91 Å². The number of nitrogens with zero attached hydrogens (tertiary/aromatic N) is 2. The minimum Gasteiger partial charge on any atom is -0.340 e. The Morgan fingerprint density at radius 2 is 2.44 bits per heavy atom. The Bertz CT molecular complexity index is 242. The Morgan fingerprint density at radius 1 is 1.69 bits per heavy atom. The van der Waals surface area contributed by atoms with Crippen LogP contribution in [0.2, 0.25) is 0 Å². The lowest BCUT2D eigenvalue weighted by Gasteiger charge is -2.35. The number of carbonyl (C=O) groups excluding carboxylic acids is 1. The molecule has 1 N–H and O–H groups in total. The summed E-state index contributed by atoms with van der Waals surface area (Å²) in [5, 5.41) is 3.04. The number of hydrogen-bond donors (Lipinski definition) is 1. The van der Waals surface area contributed by atoms with E-state index >= 15 is 0 Å². The van der Waals surface area contributed by atoms with Crippen molar-refractivity contribution < 1.29 is 4.79 Å². The van der Waals surface area contributed by atoms with Gasteiger partial charge in [-0.05, 0) is 26.4 Å². The highest BCUT2D eigenvalue weighted by molar-refractivity contribution is 5.78. The Kier molecular flexibility index (Phi) is 5.49. The van der Waals surface area contributed by atoms with Crippen molar-refractivity contribution in [1.82, 2.24) is 15.1 Å². The summed E-state index contributed by atoms with van der Waals surface area (Å²) in [7, 11) is 4.02. The standard InChI is InChI=1S/C12H23N3O/c1-4-7-13-9-12(16)15(3)11-6-5-8-14(2)10-11/h4,11,13H,1,5-10H2,2-3H3. The van der Waals surface area contributed by atoms with E-state index < -0.39 is 0 Å². The van der Waals surface area contributed by atoms with Crippen LogP contribution in [0.4, 0.5) is 0 Å². The molecule has 1 rings (SSSR count). The fraction of sp³-hybridized carbons (Fsp3) is 0.750. The molecule has 0 aromatic heterocycles. The molecule has 0 radical (unpaired) electrons. The first kappa shape index (κ1) is 13.2. The van der Waals surface area contributed by atoms with Gasteiger partial charge in [-0.15, -0.1) is 6.58 Å². The molecule has 0 spiro atoms. The van der Waals surface area contributed by atoms with E-state index in [1.807, 2.05) is 11.9 Å². The van der Waals surface area contributed by atoms with Gasteiger partial charge in [-0.1, -0.05) is 6.08 Å². The summed E-state index contributed by atoms with van der Waals surface area (Å²) in [5.74, 6) is 0.169. The van der Waals surface area contributed by atoms with Gasteiger partial charge < -0.3 is 15.1 Å². The molecule has 0 aromatic rings. The molecular formula is C12H23N3O. The van der Waals surface area contributed by atoms with Gasteiger partial charge in [-0.25, -0.2) is 0 Å². The van der Waals surface area contributed by atoms with Crippen LogP contribution in [-0.2, 0) is 4.79 Å². The van der Waals surface area contributed by atoms with Crippen LogP contribution in [0.15, 0.2) is 12.7 Å². The third-order valence-corrected chi connectivity index (χ3v) is 3.11. The summed E-state index contributed by atoms with van der Waals surface area (Å²) in [6, 6.07) is 0.372. The van der Waals surface area contributed by atoms with Gasteiger partial charge in [0.15, 0.2) is 0 Å². The van der Waals surface area contributed by atoms with Crippen LogP contribution in [0.5, 0.6) is 0 Å². The van der Waals surface area contributed by atoms with Gasteiger partial charge >= 0.3 is 0 Å². The van der Waals surface area contributed by atoms with Crippen LogP contribution < -0.4 is 5.32 Å². The summed E-state index contributed by atoms with van der Waals surface area (Å²) in [4.78, 5) is 16.0. The quantitative estimate of drug-likeness (QED) is 0.540. The highest BCUT2D eigenvalue weighted by atomic mass is 16.2. The first-order valence-electron chi connectivity index (χ1n) is 5.91. The molecule has 0 aliphatic carbocycles. The van der Waals surface area contributed by atoms with E-state index in [4.69, 9.17) is 0 Å². The smallest absolute Gasteiger partial charge is 0.236 e. The molecule has 4 heteroatoms. The van der Waals surface area contributed by atoms with Gasteiger partial charge in [0.25, 0.3) is 0 Å². The maximum absolute atomic E-state index is 11.8. The van der Waals surface area contributed by atoms with Crippen molar-refractivity contribution in [3.05, 3.63) is 12.7 Å². The van der Waals surface area contributed by atoms with Crippen LogP contribution in [0.1, 0.15) is 12.8 Å². The zero-order chi connectivity index (χ0) is 12.0. The number of likely N-dealkylation sites (N-methyl/N-ethyl adjacent to an activating group) is 2. The fourth-order valence-electron chi connectivity index (χ4n) is 2.06. The van der Waals surface area contributed by atoms with Crippen LogP contribution in [-0.4, -0.2) is 62.0 Å². The first-order valence-corrected chi connectivity index (χ1v) is 5.91. The van der Waals surface area contributed by atoms with E-state index in [2.05, 4.69) is 23.8 Å². The molecule has 1 amide bonds. The maximum atomic E-state index is 11.8. The average Bonchev–Trinajstić information content (AvgIpc) is 2.28. The molecule has 1 heterocycles. The molecule has 1 unspecified atom stereocenters. The van der Waals surface area contributed by atoms with E-state index in [9.17, 15) is 4.79 Å². The summed E-state index contributed by atoms with van der Waals surface area (Å²) in [6.07, 6.45) is 4.06. The van der Waals surface area contributed by atoms with Gasteiger partial charge in [0, 0.05) is 26.2 Å². The zero-order valence-electron chi connectivity index (χ0n) is 10.4. The average molecular weight is 225 g/mol. The molecule has 1 saturated heterocycles. The topological polar surface area (TPSA) is 35.6 Å². The lowest BCUT2D eigenvalue weighted by Crippen LogP contribution is -2.49.